The van der Waals surface area contributed by atoms with E-state index in [1.54, 1.807) is 17.9 Å². The summed E-state index contributed by atoms with van der Waals surface area (Å²) >= 11 is 0. The molecule has 1 aliphatic heterocycles. The summed E-state index contributed by atoms with van der Waals surface area (Å²) in [6, 6.07) is 11.4. The molecule has 0 unspecified atom stereocenters. The number of pyridine rings is 1. The van der Waals surface area contributed by atoms with E-state index in [1.165, 1.54) is 0 Å². The van der Waals surface area contributed by atoms with Crippen LogP contribution in [0.3, 0.4) is 0 Å². The van der Waals surface area contributed by atoms with Crippen molar-refractivity contribution in [2.75, 3.05) is 6.61 Å². The van der Waals surface area contributed by atoms with E-state index in [2.05, 4.69) is 0 Å². The van der Waals surface area contributed by atoms with Crippen molar-refractivity contribution in [3.05, 3.63) is 64.3 Å². The average molecular weight is 283 g/mol. The second-order valence-corrected chi connectivity index (χ2v) is 5.06. The van der Waals surface area contributed by atoms with Gasteiger partial charge in [-0.25, -0.2) is 0 Å². The van der Waals surface area contributed by atoms with E-state index in [4.69, 9.17) is 9.47 Å². The van der Waals surface area contributed by atoms with Gasteiger partial charge in [0, 0.05) is 30.8 Å². The van der Waals surface area contributed by atoms with Crippen molar-refractivity contribution in [1.29, 1.82) is 0 Å². The van der Waals surface area contributed by atoms with Crippen molar-refractivity contribution in [2.45, 2.75) is 13.3 Å². The molecule has 0 atom stereocenters. The minimum atomic E-state index is -0.0485. The van der Waals surface area contributed by atoms with Gasteiger partial charge in [0.15, 0.2) is 0 Å². The third-order valence-corrected chi connectivity index (χ3v) is 3.66. The van der Waals surface area contributed by atoms with E-state index in [0.717, 1.165) is 17.0 Å². The fourth-order valence-corrected chi connectivity index (χ4v) is 2.35. The van der Waals surface area contributed by atoms with Gasteiger partial charge in [-0.15, -0.1) is 0 Å². The normalized spacial score (nSPS) is 15.4. The third-order valence-electron chi connectivity index (χ3n) is 3.66. The molecule has 0 saturated heterocycles. The molecule has 0 radical (unpaired) electrons. The Morgan fingerprint density at radius 3 is 2.81 bits per heavy atom. The van der Waals surface area contributed by atoms with Crippen molar-refractivity contribution < 1.29 is 9.47 Å². The van der Waals surface area contributed by atoms with Gasteiger partial charge in [-0.1, -0.05) is 18.2 Å². The van der Waals surface area contributed by atoms with Crippen LogP contribution in [0.2, 0.25) is 0 Å². The monoisotopic (exact) mass is 283 g/mol. The standard InChI is InChI=1S/C17H17NO3/c1-12-10-15-16(17(19)18(12)2)13(8-9-20-15)11-21-14-6-4-3-5-7-14/h3-7,10-11H,8-9H2,1-2H3/b13-11+. The van der Waals surface area contributed by atoms with E-state index in [1.807, 2.05) is 43.3 Å². The Morgan fingerprint density at radius 2 is 2.05 bits per heavy atom. The Hall–Kier alpha value is -2.49. The van der Waals surface area contributed by atoms with Crippen LogP contribution in [-0.4, -0.2) is 11.2 Å². The second-order valence-electron chi connectivity index (χ2n) is 5.06. The van der Waals surface area contributed by atoms with Gasteiger partial charge in [0.2, 0.25) is 0 Å². The van der Waals surface area contributed by atoms with Gasteiger partial charge in [0.1, 0.15) is 11.5 Å². The number of para-hydroxylation sites is 1. The molecule has 0 amide bonds. The van der Waals surface area contributed by atoms with Gasteiger partial charge in [-0.2, -0.15) is 0 Å². The van der Waals surface area contributed by atoms with Gasteiger partial charge in [-0.05, 0) is 19.1 Å². The van der Waals surface area contributed by atoms with Crippen LogP contribution in [0.5, 0.6) is 11.5 Å². The molecule has 2 aromatic rings. The number of ether oxygens (including phenoxy) is 2. The minimum Gasteiger partial charge on any atom is -0.492 e. The summed E-state index contributed by atoms with van der Waals surface area (Å²) in [4.78, 5) is 12.4. The lowest BCUT2D eigenvalue weighted by Gasteiger charge is -2.21. The number of fused-ring (bicyclic) bond motifs is 1. The summed E-state index contributed by atoms with van der Waals surface area (Å²) in [6.07, 6.45) is 2.32. The number of benzene rings is 1. The molecular weight excluding hydrogens is 266 g/mol. The highest BCUT2D eigenvalue weighted by molar-refractivity contribution is 5.71. The van der Waals surface area contributed by atoms with E-state index < -0.39 is 0 Å². The molecule has 4 nitrogen and oxygen atoms in total. The van der Waals surface area contributed by atoms with Gasteiger partial charge in [0.25, 0.3) is 5.56 Å². The summed E-state index contributed by atoms with van der Waals surface area (Å²) in [7, 11) is 1.77. The Morgan fingerprint density at radius 1 is 1.29 bits per heavy atom. The molecule has 4 heteroatoms. The van der Waals surface area contributed by atoms with Crippen LogP contribution in [0, 0.1) is 6.92 Å². The van der Waals surface area contributed by atoms with E-state index in [9.17, 15) is 4.79 Å². The molecule has 108 valence electrons. The molecule has 1 aliphatic rings. The maximum absolute atomic E-state index is 12.4. The molecule has 0 fully saturated rings. The van der Waals surface area contributed by atoms with Crippen molar-refractivity contribution in [1.82, 2.24) is 4.57 Å². The number of aromatic nitrogens is 1. The molecule has 2 heterocycles. The van der Waals surface area contributed by atoms with Crippen LogP contribution in [-0.2, 0) is 7.05 Å². The molecule has 1 aromatic carbocycles. The van der Waals surface area contributed by atoms with Gasteiger partial charge >= 0.3 is 0 Å². The number of hydrogen-bond donors (Lipinski definition) is 0. The van der Waals surface area contributed by atoms with Crippen molar-refractivity contribution in [3.63, 3.8) is 0 Å². The molecule has 1 aromatic heterocycles. The molecule has 0 saturated carbocycles. The van der Waals surface area contributed by atoms with Crippen LogP contribution in [0.15, 0.2) is 47.5 Å². The number of nitrogens with zero attached hydrogens (tertiary/aromatic N) is 1. The van der Waals surface area contributed by atoms with Gasteiger partial charge < -0.3 is 14.0 Å². The molecule has 0 N–H and O–H groups in total. The lowest BCUT2D eigenvalue weighted by Crippen LogP contribution is -2.26. The van der Waals surface area contributed by atoms with E-state index >= 15 is 0 Å². The third kappa shape index (κ3) is 2.57. The number of rotatable bonds is 2. The SMILES string of the molecule is Cc1cc2c(c(=O)n1C)/C(=C/Oc1ccccc1)CCO2. The Labute approximate surface area is 123 Å². The first kappa shape index (κ1) is 13.5. The highest BCUT2D eigenvalue weighted by Gasteiger charge is 2.21. The second kappa shape index (κ2) is 5.48. The van der Waals surface area contributed by atoms with Gasteiger partial charge in [0.05, 0.1) is 18.4 Å². The van der Waals surface area contributed by atoms with Crippen molar-refractivity contribution in [3.8, 4) is 11.5 Å². The van der Waals surface area contributed by atoms with Crippen LogP contribution < -0.4 is 15.0 Å². The minimum absolute atomic E-state index is 0.0485. The smallest absolute Gasteiger partial charge is 0.261 e. The average Bonchev–Trinajstić information content (AvgIpc) is 2.51. The first-order valence-corrected chi connectivity index (χ1v) is 6.91. The summed E-state index contributed by atoms with van der Waals surface area (Å²) in [5.41, 5.74) is 2.31. The lowest BCUT2D eigenvalue weighted by atomic mass is 10.0. The highest BCUT2D eigenvalue weighted by atomic mass is 16.5. The zero-order chi connectivity index (χ0) is 14.8. The number of aryl methyl sites for hydroxylation is 1. The van der Waals surface area contributed by atoms with E-state index in [0.29, 0.717) is 24.3 Å². The molecule has 0 bridgehead atoms. The predicted octanol–water partition coefficient (Wildman–Crippen LogP) is 2.90. The summed E-state index contributed by atoms with van der Waals surface area (Å²) in [5, 5.41) is 0. The quantitative estimate of drug-likeness (QED) is 0.796. The van der Waals surface area contributed by atoms with Crippen LogP contribution in [0.4, 0.5) is 0 Å². The molecule has 0 aliphatic carbocycles. The Balaban J connectivity index is 2.01. The topological polar surface area (TPSA) is 40.5 Å². The summed E-state index contributed by atoms with van der Waals surface area (Å²) < 4.78 is 12.9. The fraction of sp³-hybridized carbons (Fsp3) is 0.235. The lowest BCUT2D eigenvalue weighted by molar-refractivity contribution is 0.312. The van der Waals surface area contributed by atoms with Crippen LogP contribution in [0.1, 0.15) is 17.7 Å². The maximum atomic E-state index is 12.4. The molecular formula is C17H17NO3. The summed E-state index contributed by atoms with van der Waals surface area (Å²) in [6.45, 7) is 2.45. The Bertz CT molecular complexity index is 745. The van der Waals surface area contributed by atoms with Crippen LogP contribution in [0.25, 0.3) is 5.57 Å². The zero-order valence-corrected chi connectivity index (χ0v) is 12.1. The highest BCUT2D eigenvalue weighted by Crippen LogP contribution is 2.30. The first-order chi connectivity index (χ1) is 10.2. The van der Waals surface area contributed by atoms with Gasteiger partial charge in [-0.3, -0.25) is 4.79 Å². The Kier molecular flexibility index (Phi) is 3.52. The van der Waals surface area contributed by atoms with Crippen molar-refractivity contribution in [2.24, 2.45) is 7.05 Å². The number of hydrogen-bond acceptors (Lipinski definition) is 3. The molecule has 3 rings (SSSR count). The molecule has 0 spiro atoms. The summed E-state index contributed by atoms with van der Waals surface area (Å²) in [5.74, 6) is 1.40. The maximum Gasteiger partial charge on any atom is 0.261 e. The predicted molar refractivity (Wildman–Crippen MR) is 81.6 cm³/mol. The van der Waals surface area contributed by atoms with Crippen molar-refractivity contribution >= 4 is 5.57 Å². The molecule has 21 heavy (non-hydrogen) atoms. The van der Waals surface area contributed by atoms with Crippen LogP contribution >= 0.6 is 0 Å². The largest absolute Gasteiger partial charge is 0.492 e. The fourth-order valence-electron chi connectivity index (χ4n) is 2.35. The first-order valence-electron chi connectivity index (χ1n) is 6.91. The zero-order valence-electron chi connectivity index (χ0n) is 12.1. The van der Waals surface area contributed by atoms with E-state index in [-0.39, 0.29) is 5.56 Å².